The molecule has 0 unspecified atom stereocenters. The molecule has 1 amide bonds. The third-order valence-electron chi connectivity index (χ3n) is 3.60. The van der Waals surface area contributed by atoms with Gasteiger partial charge in [-0.3, -0.25) is 14.4 Å². The molecule has 0 saturated heterocycles. The van der Waals surface area contributed by atoms with Gasteiger partial charge < -0.3 is 10.1 Å². The molecule has 1 heterocycles. The first-order valence-corrected chi connectivity index (χ1v) is 9.43. The van der Waals surface area contributed by atoms with Crippen LogP contribution in [0.25, 0.3) is 0 Å². The summed E-state index contributed by atoms with van der Waals surface area (Å²) in [5.41, 5.74) is 1.08. The highest BCUT2D eigenvalue weighted by Gasteiger charge is 2.11. The number of hydrogen-bond acceptors (Lipinski definition) is 5. The SMILES string of the molecule is CC(C)CC(=O)Nc1ccc(C(=O)COC(=O)CCc2cccs2)cc1. The number of aryl methyl sites for hydroxylation is 1. The lowest BCUT2D eigenvalue weighted by atomic mass is 10.1. The summed E-state index contributed by atoms with van der Waals surface area (Å²) in [6.07, 6.45) is 1.33. The van der Waals surface area contributed by atoms with E-state index < -0.39 is 0 Å². The predicted molar refractivity (Wildman–Crippen MR) is 102 cm³/mol. The first-order chi connectivity index (χ1) is 12.4. The fourth-order valence-corrected chi connectivity index (χ4v) is 3.01. The van der Waals surface area contributed by atoms with Crippen molar-refractivity contribution in [3.63, 3.8) is 0 Å². The number of nitrogens with one attached hydrogen (secondary N) is 1. The quantitative estimate of drug-likeness (QED) is 0.531. The number of rotatable bonds is 9. The number of benzene rings is 1. The first kappa shape index (κ1) is 19.8. The maximum Gasteiger partial charge on any atom is 0.306 e. The lowest BCUT2D eigenvalue weighted by Crippen LogP contribution is -2.15. The van der Waals surface area contributed by atoms with Gasteiger partial charge in [0.1, 0.15) is 0 Å². The third-order valence-corrected chi connectivity index (χ3v) is 4.54. The monoisotopic (exact) mass is 373 g/mol. The van der Waals surface area contributed by atoms with Crippen molar-refractivity contribution >= 4 is 34.7 Å². The Morgan fingerprint density at radius 1 is 1.12 bits per heavy atom. The summed E-state index contributed by atoms with van der Waals surface area (Å²) in [5, 5.41) is 4.74. The van der Waals surface area contributed by atoms with Crippen LogP contribution in [-0.4, -0.2) is 24.3 Å². The van der Waals surface area contributed by atoms with Gasteiger partial charge in [-0.2, -0.15) is 0 Å². The fraction of sp³-hybridized carbons (Fsp3) is 0.350. The van der Waals surface area contributed by atoms with Gasteiger partial charge in [-0.1, -0.05) is 19.9 Å². The van der Waals surface area contributed by atoms with Crippen LogP contribution in [0.4, 0.5) is 5.69 Å². The van der Waals surface area contributed by atoms with Crippen molar-refractivity contribution < 1.29 is 19.1 Å². The van der Waals surface area contributed by atoms with Crippen LogP contribution in [0.1, 0.15) is 41.9 Å². The summed E-state index contributed by atoms with van der Waals surface area (Å²) in [6.45, 7) is 3.68. The number of esters is 1. The van der Waals surface area contributed by atoms with Crippen LogP contribution >= 0.6 is 11.3 Å². The number of thiophene rings is 1. The van der Waals surface area contributed by atoms with Crippen LogP contribution in [0.2, 0.25) is 0 Å². The third kappa shape index (κ3) is 6.80. The lowest BCUT2D eigenvalue weighted by molar-refractivity contribution is -0.142. The zero-order chi connectivity index (χ0) is 18.9. The van der Waals surface area contributed by atoms with Crippen LogP contribution in [0.3, 0.4) is 0 Å². The van der Waals surface area contributed by atoms with E-state index in [2.05, 4.69) is 5.32 Å². The molecule has 1 aromatic heterocycles. The van der Waals surface area contributed by atoms with Crippen LogP contribution in [0.5, 0.6) is 0 Å². The molecule has 0 aliphatic heterocycles. The van der Waals surface area contributed by atoms with Gasteiger partial charge in [-0.05, 0) is 48.1 Å². The first-order valence-electron chi connectivity index (χ1n) is 8.55. The molecule has 0 radical (unpaired) electrons. The highest BCUT2D eigenvalue weighted by molar-refractivity contribution is 7.09. The maximum absolute atomic E-state index is 12.1. The van der Waals surface area contributed by atoms with Gasteiger partial charge in [0.25, 0.3) is 0 Å². The summed E-state index contributed by atoms with van der Waals surface area (Å²) >= 11 is 1.59. The van der Waals surface area contributed by atoms with Gasteiger partial charge in [0.15, 0.2) is 12.4 Å². The minimum absolute atomic E-state index is 0.0567. The van der Waals surface area contributed by atoms with Crippen molar-refractivity contribution in [1.82, 2.24) is 0 Å². The Hall–Kier alpha value is -2.47. The molecular weight excluding hydrogens is 350 g/mol. The zero-order valence-electron chi connectivity index (χ0n) is 15.0. The number of hydrogen-bond donors (Lipinski definition) is 1. The van der Waals surface area contributed by atoms with E-state index in [0.717, 1.165) is 4.88 Å². The van der Waals surface area contributed by atoms with E-state index in [1.54, 1.807) is 35.6 Å². The van der Waals surface area contributed by atoms with Crippen molar-refractivity contribution in [3.05, 3.63) is 52.2 Å². The van der Waals surface area contributed by atoms with E-state index in [0.29, 0.717) is 24.1 Å². The van der Waals surface area contributed by atoms with Crippen LogP contribution in [0.15, 0.2) is 41.8 Å². The molecule has 26 heavy (non-hydrogen) atoms. The Balaban J connectivity index is 1.76. The average molecular weight is 373 g/mol. The molecular formula is C20H23NO4S. The highest BCUT2D eigenvalue weighted by atomic mass is 32.1. The number of ketones is 1. The van der Waals surface area contributed by atoms with E-state index >= 15 is 0 Å². The van der Waals surface area contributed by atoms with Gasteiger partial charge in [-0.25, -0.2) is 0 Å². The van der Waals surface area contributed by atoms with Gasteiger partial charge in [0, 0.05) is 22.5 Å². The number of ether oxygens (including phenoxy) is 1. The molecule has 0 bridgehead atoms. The summed E-state index contributed by atoms with van der Waals surface area (Å²) < 4.78 is 5.04. The van der Waals surface area contributed by atoms with Crippen molar-refractivity contribution in [2.45, 2.75) is 33.1 Å². The van der Waals surface area contributed by atoms with E-state index in [-0.39, 0.29) is 36.6 Å². The number of Topliss-reactive ketones (excluding diaryl/α,β-unsaturated/α-hetero) is 1. The van der Waals surface area contributed by atoms with Crippen LogP contribution < -0.4 is 5.32 Å². The Morgan fingerprint density at radius 2 is 1.85 bits per heavy atom. The summed E-state index contributed by atoms with van der Waals surface area (Å²) in [6, 6.07) is 10.5. The molecule has 5 nitrogen and oxygen atoms in total. The van der Waals surface area contributed by atoms with Gasteiger partial charge in [0.05, 0.1) is 6.42 Å². The fourth-order valence-electron chi connectivity index (χ4n) is 2.30. The molecule has 0 aliphatic rings. The van der Waals surface area contributed by atoms with Crippen molar-refractivity contribution in [3.8, 4) is 0 Å². The average Bonchev–Trinajstić information content (AvgIpc) is 3.11. The van der Waals surface area contributed by atoms with E-state index in [4.69, 9.17) is 4.74 Å². The highest BCUT2D eigenvalue weighted by Crippen LogP contribution is 2.13. The standard InChI is InChI=1S/C20H23NO4S/c1-14(2)12-19(23)21-16-7-5-15(6-8-16)18(22)13-25-20(24)10-9-17-4-3-11-26-17/h3-8,11,14H,9-10,12-13H2,1-2H3,(H,21,23). The molecule has 0 spiro atoms. The summed E-state index contributed by atoms with van der Waals surface area (Å²) in [5.74, 6) is -0.428. The van der Waals surface area contributed by atoms with Crippen molar-refractivity contribution in [2.24, 2.45) is 5.92 Å². The van der Waals surface area contributed by atoms with Crippen LogP contribution in [0, 0.1) is 5.92 Å². The summed E-state index contributed by atoms with van der Waals surface area (Å²) in [7, 11) is 0. The normalized spacial score (nSPS) is 10.6. The van der Waals surface area contributed by atoms with Gasteiger partial charge in [-0.15, -0.1) is 11.3 Å². The minimum atomic E-state index is -0.385. The van der Waals surface area contributed by atoms with Crippen molar-refractivity contribution in [1.29, 1.82) is 0 Å². The molecule has 6 heteroatoms. The number of amides is 1. The number of carbonyl (C=O) groups excluding carboxylic acids is 3. The molecule has 1 N–H and O–H groups in total. The van der Waals surface area contributed by atoms with Crippen molar-refractivity contribution in [2.75, 3.05) is 11.9 Å². The van der Waals surface area contributed by atoms with Gasteiger partial charge >= 0.3 is 5.97 Å². The predicted octanol–water partition coefficient (Wildman–Crippen LogP) is 4.09. The molecule has 2 rings (SSSR count). The number of anilines is 1. The Morgan fingerprint density at radius 3 is 2.46 bits per heavy atom. The molecule has 2 aromatic rings. The second kappa shape index (κ2) is 9.87. The second-order valence-corrected chi connectivity index (χ2v) is 7.42. The Bertz CT molecular complexity index is 736. The summed E-state index contributed by atoms with van der Waals surface area (Å²) in [4.78, 5) is 36.7. The van der Waals surface area contributed by atoms with E-state index in [1.165, 1.54) is 0 Å². The molecule has 0 atom stereocenters. The molecule has 138 valence electrons. The maximum atomic E-state index is 12.1. The topological polar surface area (TPSA) is 72.5 Å². The minimum Gasteiger partial charge on any atom is -0.457 e. The Kier molecular flexibility index (Phi) is 7.53. The molecule has 0 fully saturated rings. The zero-order valence-corrected chi connectivity index (χ0v) is 15.8. The molecule has 1 aromatic carbocycles. The molecule has 0 aliphatic carbocycles. The van der Waals surface area contributed by atoms with E-state index in [9.17, 15) is 14.4 Å². The lowest BCUT2D eigenvalue weighted by Gasteiger charge is -2.08. The van der Waals surface area contributed by atoms with Crippen LogP contribution in [-0.2, 0) is 20.7 Å². The van der Waals surface area contributed by atoms with E-state index in [1.807, 2.05) is 31.4 Å². The largest absolute Gasteiger partial charge is 0.457 e. The smallest absolute Gasteiger partial charge is 0.306 e. The Labute approximate surface area is 157 Å². The van der Waals surface area contributed by atoms with Gasteiger partial charge in [0.2, 0.25) is 5.91 Å². The number of carbonyl (C=O) groups is 3. The molecule has 0 saturated carbocycles. The second-order valence-electron chi connectivity index (χ2n) is 6.39.